The number of carbonyl (C=O) groups is 1. The third-order valence-electron chi connectivity index (χ3n) is 4.74. The first kappa shape index (κ1) is 17.0. The summed E-state index contributed by atoms with van der Waals surface area (Å²) < 4.78 is 24.5. The molecule has 0 saturated carbocycles. The molecule has 0 atom stereocenters. The predicted molar refractivity (Wildman–Crippen MR) is 98.1 cm³/mol. The summed E-state index contributed by atoms with van der Waals surface area (Å²) in [4.78, 5) is 15.8. The van der Waals surface area contributed by atoms with E-state index in [-0.39, 0.29) is 12.5 Å². The van der Waals surface area contributed by atoms with Crippen molar-refractivity contribution in [2.75, 3.05) is 17.2 Å². The molecule has 0 saturated heterocycles. The fraction of sp³-hybridized carbons (Fsp3) is 0.294. The highest BCUT2D eigenvalue weighted by Crippen LogP contribution is 2.31. The average Bonchev–Trinajstić information content (AvgIpc) is 2.60. The number of nitrogens with one attached hydrogen (secondary N) is 2. The number of aromatic nitrogens is 1. The Labute approximate surface area is 151 Å². The Morgan fingerprint density at radius 1 is 1.15 bits per heavy atom. The van der Waals surface area contributed by atoms with E-state index >= 15 is 0 Å². The van der Waals surface area contributed by atoms with Crippen LogP contribution < -0.4 is 15.8 Å². The van der Waals surface area contributed by atoms with Crippen LogP contribution in [0.15, 0.2) is 30.5 Å². The standard InChI is InChI=1S/C17H19N5O3S/c18-26(24,25)22-8-6-11-1-2-13(9-12(11)10-22)20-15-5-7-19-17-14(15)3-4-16(23)21-17/h1-2,5,7,9H,3-4,6,8,10H2,(H2,18,24,25)(H2,19,20,21,23). The minimum absolute atomic E-state index is 0.0287. The minimum atomic E-state index is -3.69. The topological polar surface area (TPSA) is 117 Å². The summed E-state index contributed by atoms with van der Waals surface area (Å²) in [6, 6.07) is 7.79. The quantitative estimate of drug-likeness (QED) is 0.749. The molecule has 0 radical (unpaired) electrons. The first-order chi connectivity index (χ1) is 12.4. The minimum Gasteiger partial charge on any atom is -0.355 e. The van der Waals surface area contributed by atoms with E-state index in [1.165, 1.54) is 4.31 Å². The number of nitrogens with zero attached hydrogens (tertiary/aromatic N) is 2. The van der Waals surface area contributed by atoms with Gasteiger partial charge >= 0.3 is 0 Å². The molecule has 1 aromatic carbocycles. The highest BCUT2D eigenvalue weighted by molar-refractivity contribution is 7.86. The van der Waals surface area contributed by atoms with Gasteiger partial charge in [-0.15, -0.1) is 0 Å². The fourth-order valence-corrected chi connectivity index (χ4v) is 4.05. The van der Waals surface area contributed by atoms with E-state index < -0.39 is 10.2 Å². The van der Waals surface area contributed by atoms with Crippen LogP contribution in [0.2, 0.25) is 0 Å². The number of fused-ring (bicyclic) bond motifs is 2. The van der Waals surface area contributed by atoms with Gasteiger partial charge in [-0.05, 0) is 42.2 Å². The first-order valence-corrected chi connectivity index (χ1v) is 9.85. The number of benzene rings is 1. The number of rotatable bonds is 3. The lowest BCUT2D eigenvalue weighted by Crippen LogP contribution is -2.40. The van der Waals surface area contributed by atoms with Gasteiger partial charge in [0.1, 0.15) is 5.82 Å². The Morgan fingerprint density at radius 3 is 2.81 bits per heavy atom. The van der Waals surface area contributed by atoms with E-state index in [0.29, 0.717) is 31.6 Å². The summed E-state index contributed by atoms with van der Waals surface area (Å²) >= 11 is 0. The van der Waals surface area contributed by atoms with Crippen LogP contribution in [-0.2, 0) is 34.4 Å². The Bertz CT molecular complexity index is 990. The van der Waals surface area contributed by atoms with E-state index in [9.17, 15) is 13.2 Å². The monoisotopic (exact) mass is 373 g/mol. The van der Waals surface area contributed by atoms with Gasteiger partial charge in [-0.25, -0.2) is 10.1 Å². The highest BCUT2D eigenvalue weighted by Gasteiger charge is 2.24. The number of anilines is 3. The molecule has 0 unspecified atom stereocenters. The van der Waals surface area contributed by atoms with Crippen LogP contribution in [0.25, 0.3) is 0 Å². The lowest BCUT2D eigenvalue weighted by Gasteiger charge is -2.27. The number of hydrogen-bond acceptors (Lipinski definition) is 5. The molecule has 0 fully saturated rings. The second-order valence-corrected chi connectivity index (χ2v) is 8.02. The Balaban J connectivity index is 1.61. The summed E-state index contributed by atoms with van der Waals surface area (Å²) in [5.41, 5.74) is 4.77. The van der Waals surface area contributed by atoms with Gasteiger partial charge in [0, 0.05) is 42.6 Å². The molecule has 1 amide bonds. The van der Waals surface area contributed by atoms with E-state index in [1.807, 2.05) is 24.3 Å². The molecule has 26 heavy (non-hydrogen) atoms. The molecule has 2 aromatic rings. The van der Waals surface area contributed by atoms with Crippen molar-refractivity contribution in [2.24, 2.45) is 5.14 Å². The zero-order chi connectivity index (χ0) is 18.3. The van der Waals surface area contributed by atoms with Gasteiger partial charge < -0.3 is 10.6 Å². The number of carbonyl (C=O) groups excluding carboxylic acids is 1. The van der Waals surface area contributed by atoms with Crippen LogP contribution in [0.3, 0.4) is 0 Å². The zero-order valence-corrected chi connectivity index (χ0v) is 14.8. The maximum Gasteiger partial charge on any atom is 0.277 e. The van der Waals surface area contributed by atoms with Crippen molar-refractivity contribution in [1.82, 2.24) is 9.29 Å². The Hall–Kier alpha value is -2.49. The summed E-state index contributed by atoms with van der Waals surface area (Å²) in [7, 11) is -3.69. The first-order valence-electron chi connectivity index (χ1n) is 8.34. The molecule has 0 spiro atoms. The number of hydrogen-bond donors (Lipinski definition) is 3. The van der Waals surface area contributed by atoms with Gasteiger partial charge in [-0.3, -0.25) is 4.79 Å². The summed E-state index contributed by atoms with van der Waals surface area (Å²) in [6.45, 7) is 0.671. The van der Waals surface area contributed by atoms with Gasteiger partial charge in [0.15, 0.2) is 0 Å². The molecular weight excluding hydrogens is 354 g/mol. The summed E-state index contributed by atoms with van der Waals surface area (Å²) in [5, 5.41) is 11.4. The molecule has 1 aromatic heterocycles. The normalized spacial score (nSPS) is 17.2. The van der Waals surface area contributed by atoms with Gasteiger partial charge in [0.05, 0.1) is 0 Å². The molecule has 2 aliphatic heterocycles. The molecular formula is C17H19N5O3S. The van der Waals surface area contributed by atoms with Crippen molar-refractivity contribution in [3.05, 3.63) is 47.2 Å². The van der Waals surface area contributed by atoms with Crippen molar-refractivity contribution in [1.29, 1.82) is 0 Å². The van der Waals surface area contributed by atoms with Crippen LogP contribution in [0, 0.1) is 0 Å². The van der Waals surface area contributed by atoms with Gasteiger partial charge in [0.2, 0.25) is 5.91 Å². The molecule has 4 N–H and O–H groups in total. The number of amides is 1. The van der Waals surface area contributed by atoms with Gasteiger partial charge in [-0.2, -0.15) is 12.7 Å². The third kappa shape index (κ3) is 3.28. The summed E-state index contributed by atoms with van der Waals surface area (Å²) in [6.07, 6.45) is 3.35. The molecule has 9 heteroatoms. The number of pyridine rings is 1. The molecule has 3 heterocycles. The van der Waals surface area contributed by atoms with Crippen LogP contribution in [0.4, 0.5) is 17.2 Å². The maximum atomic E-state index is 11.6. The van der Waals surface area contributed by atoms with Crippen molar-refractivity contribution >= 4 is 33.3 Å². The third-order valence-corrected chi connectivity index (χ3v) is 5.77. The molecule has 8 nitrogen and oxygen atoms in total. The molecule has 136 valence electrons. The number of nitrogens with two attached hydrogens (primary N) is 1. The van der Waals surface area contributed by atoms with Crippen molar-refractivity contribution < 1.29 is 13.2 Å². The second kappa shape index (κ2) is 6.35. The maximum absolute atomic E-state index is 11.6. The smallest absolute Gasteiger partial charge is 0.277 e. The molecule has 0 aliphatic carbocycles. The van der Waals surface area contributed by atoms with E-state index in [4.69, 9.17) is 5.14 Å². The average molecular weight is 373 g/mol. The van der Waals surface area contributed by atoms with Crippen LogP contribution in [0.1, 0.15) is 23.1 Å². The fourth-order valence-electron chi connectivity index (χ4n) is 3.39. The van der Waals surface area contributed by atoms with Gasteiger partial charge in [0.25, 0.3) is 10.2 Å². The molecule has 2 aliphatic rings. The van der Waals surface area contributed by atoms with Crippen LogP contribution in [-0.4, -0.2) is 30.2 Å². The van der Waals surface area contributed by atoms with Gasteiger partial charge in [-0.1, -0.05) is 6.07 Å². The van der Waals surface area contributed by atoms with E-state index in [1.54, 1.807) is 6.20 Å². The molecule has 0 bridgehead atoms. The zero-order valence-electron chi connectivity index (χ0n) is 14.0. The predicted octanol–water partition coefficient (Wildman–Crippen LogP) is 1.27. The lowest BCUT2D eigenvalue weighted by molar-refractivity contribution is -0.116. The van der Waals surface area contributed by atoms with Crippen molar-refractivity contribution in [2.45, 2.75) is 25.8 Å². The Kier molecular flexibility index (Phi) is 4.14. The SMILES string of the molecule is NS(=O)(=O)N1CCc2ccc(Nc3ccnc4c3CCC(=O)N4)cc2C1. The van der Waals surface area contributed by atoms with E-state index in [0.717, 1.165) is 28.1 Å². The van der Waals surface area contributed by atoms with Crippen molar-refractivity contribution in [3.63, 3.8) is 0 Å². The second-order valence-electron chi connectivity index (χ2n) is 6.47. The van der Waals surface area contributed by atoms with Crippen LogP contribution >= 0.6 is 0 Å². The lowest BCUT2D eigenvalue weighted by atomic mass is 10.00. The Morgan fingerprint density at radius 2 is 2.00 bits per heavy atom. The van der Waals surface area contributed by atoms with E-state index in [2.05, 4.69) is 15.6 Å². The highest BCUT2D eigenvalue weighted by atomic mass is 32.2. The summed E-state index contributed by atoms with van der Waals surface area (Å²) in [5.74, 6) is 0.559. The molecule has 4 rings (SSSR count). The van der Waals surface area contributed by atoms with Crippen molar-refractivity contribution in [3.8, 4) is 0 Å². The largest absolute Gasteiger partial charge is 0.355 e. The van der Waals surface area contributed by atoms with Crippen LogP contribution in [0.5, 0.6) is 0 Å².